The average Bonchev–Trinajstić information content (AvgIpc) is 2.40. The number of hydrogen-bond donors (Lipinski definition) is 1. The lowest BCUT2D eigenvalue weighted by atomic mass is 10.2. The Morgan fingerprint density at radius 3 is 1.38 bits per heavy atom. The first-order valence-corrected chi connectivity index (χ1v) is 9.79. The summed E-state index contributed by atoms with van der Waals surface area (Å²) in [4.78, 5) is 0. The quantitative estimate of drug-likeness (QED) is 0.467. The smallest absolute Gasteiger partial charge is 0.0958 e. The van der Waals surface area contributed by atoms with E-state index in [0.717, 1.165) is 0 Å². The summed E-state index contributed by atoms with van der Waals surface area (Å²) in [6.45, 7) is 11.0. The van der Waals surface area contributed by atoms with Gasteiger partial charge in [0.15, 0.2) is 0 Å². The van der Waals surface area contributed by atoms with Gasteiger partial charge < -0.3 is 14.8 Å². The molecule has 5 nitrogen and oxygen atoms in total. The normalized spacial score (nSPS) is 11.9. The first kappa shape index (κ1) is 23.1. The van der Waals surface area contributed by atoms with Crippen molar-refractivity contribution in [1.82, 2.24) is 0 Å². The van der Waals surface area contributed by atoms with Crippen molar-refractivity contribution in [2.24, 2.45) is 5.73 Å². The molecule has 2 N–H and O–H groups in total. The Labute approximate surface area is 132 Å². The van der Waals surface area contributed by atoms with Crippen LogP contribution in [0.4, 0.5) is 0 Å². The Balaban J connectivity index is 0. The summed E-state index contributed by atoms with van der Waals surface area (Å²) in [5.74, 6) is -0.465. The zero-order valence-corrected chi connectivity index (χ0v) is 15.3. The highest BCUT2D eigenvalue weighted by atomic mass is 32.2. The monoisotopic (exact) mass is 324 g/mol. The van der Waals surface area contributed by atoms with Crippen molar-refractivity contribution < 1.29 is 17.5 Å². The van der Waals surface area contributed by atoms with Crippen molar-refractivity contribution in [2.75, 3.05) is 39.0 Å². The van der Waals surface area contributed by atoms with Gasteiger partial charge in [-0.15, -0.1) is 0 Å². The molecule has 6 heteroatoms. The molecule has 0 radical (unpaired) electrons. The van der Waals surface area contributed by atoms with Crippen LogP contribution >= 0.6 is 0 Å². The molecular weight excluding hydrogens is 288 g/mol. The second-order valence-electron chi connectivity index (χ2n) is 5.90. The summed E-state index contributed by atoms with van der Waals surface area (Å²) in [5, 5.41) is 0. The number of unbranched alkanes of at least 4 members (excludes halogenated alkanes) is 3. The highest BCUT2D eigenvalue weighted by molar-refractivity contribution is 7.85. The van der Waals surface area contributed by atoms with Crippen LogP contribution in [0, 0.1) is 0 Å². The predicted molar refractivity (Wildman–Crippen MR) is 89.1 cm³/mol. The van der Waals surface area contributed by atoms with Gasteiger partial charge in [-0.2, -0.15) is 0 Å². The highest BCUT2D eigenvalue weighted by Gasteiger charge is 2.18. The Morgan fingerprint density at radius 2 is 1.24 bits per heavy atom. The molecule has 0 aliphatic carbocycles. The van der Waals surface area contributed by atoms with E-state index in [0.29, 0.717) is 0 Å². The molecule has 0 aliphatic rings. The maximum Gasteiger partial charge on any atom is 0.0958 e. The van der Waals surface area contributed by atoms with Gasteiger partial charge in [-0.05, 0) is 19.3 Å². The van der Waals surface area contributed by atoms with Crippen LogP contribution in [0.1, 0.15) is 59.3 Å². The SMILES string of the molecule is CCCC[N+](C)(CCCC)CCCC.NCCS(=O)(=O)[O-]. The summed E-state index contributed by atoms with van der Waals surface area (Å²) in [5.41, 5.74) is 4.74. The largest absolute Gasteiger partial charge is 0.748 e. The van der Waals surface area contributed by atoms with Crippen molar-refractivity contribution in [2.45, 2.75) is 59.3 Å². The molecule has 21 heavy (non-hydrogen) atoms. The fourth-order valence-electron chi connectivity index (χ4n) is 2.10. The van der Waals surface area contributed by atoms with Gasteiger partial charge >= 0.3 is 0 Å². The molecule has 0 unspecified atom stereocenters. The van der Waals surface area contributed by atoms with E-state index in [9.17, 15) is 13.0 Å². The Kier molecular flexibility index (Phi) is 14.8. The molecule has 130 valence electrons. The Bertz CT molecular complexity index is 297. The lowest BCUT2D eigenvalue weighted by Crippen LogP contribution is -2.46. The summed E-state index contributed by atoms with van der Waals surface area (Å²) in [6.07, 6.45) is 8.20. The molecule has 0 rings (SSSR count). The van der Waals surface area contributed by atoms with Gasteiger partial charge in [-0.1, -0.05) is 40.0 Å². The van der Waals surface area contributed by atoms with Gasteiger partial charge in [0.05, 0.1) is 42.6 Å². The molecule has 0 aromatic carbocycles. The van der Waals surface area contributed by atoms with Crippen LogP contribution in [0.25, 0.3) is 0 Å². The first-order valence-electron chi connectivity index (χ1n) is 8.21. The third-order valence-corrected chi connectivity index (χ3v) is 4.26. The number of nitrogens with two attached hydrogens (primary N) is 1. The lowest BCUT2D eigenvalue weighted by Gasteiger charge is -2.34. The van der Waals surface area contributed by atoms with E-state index >= 15 is 0 Å². The number of quaternary nitrogens is 1. The van der Waals surface area contributed by atoms with E-state index in [1.807, 2.05) is 0 Å². The molecule has 0 atom stereocenters. The van der Waals surface area contributed by atoms with E-state index in [1.165, 1.54) is 62.6 Å². The topological polar surface area (TPSA) is 83.2 Å². The van der Waals surface area contributed by atoms with Crippen molar-refractivity contribution >= 4 is 10.1 Å². The van der Waals surface area contributed by atoms with Crippen LogP contribution in [-0.4, -0.2) is 56.4 Å². The standard InChI is InChI=1S/C13H30N.C2H7NO3S/c1-5-8-11-14(4,12-9-6-2)13-10-7-3;3-1-2-7(4,5)6/h5-13H2,1-4H3;1-3H2,(H,4,5,6)/q+1;/p-1. The summed E-state index contributed by atoms with van der Waals surface area (Å²) < 4.78 is 30.1. The number of hydrogen-bond acceptors (Lipinski definition) is 4. The van der Waals surface area contributed by atoms with Crippen molar-refractivity contribution in [1.29, 1.82) is 0 Å². The van der Waals surface area contributed by atoms with Crippen LogP contribution < -0.4 is 5.73 Å². The summed E-state index contributed by atoms with van der Waals surface area (Å²) in [7, 11) is -1.60. The maximum absolute atomic E-state index is 9.60. The minimum Gasteiger partial charge on any atom is -0.748 e. The molecule has 0 saturated carbocycles. The second kappa shape index (κ2) is 13.5. The summed E-state index contributed by atoms with van der Waals surface area (Å²) in [6, 6.07) is 0. The van der Waals surface area contributed by atoms with Gasteiger partial charge in [-0.3, -0.25) is 0 Å². The van der Waals surface area contributed by atoms with E-state index in [-0.39, 0.29) is 6.54 Å². The molecule has 0 fully saturated rings. The highest BCUT2D eigenvalue weighted by Crippen LogP contribution is 2.10. The third kappa shape index (κ3) is 17.8. The van der Waals surface area contributed by atoms with Crippen molar-refractivity contribution in [3.8, 4) is 0 Å². The zero-order chi connectivity index (χ0) is 16.8. The minimum absolute atomic E-state index is 0.0914. The zero-order valence-electron chi connectivity index (χ0n) is 14.4. The fraction of sp³-hybridized carbons (Fsp3) is 1.00. The molecule has 0 saturated heterocycles. The molecular formula is C15H36N2O3S. The van der Waals surface area contributed by atoms with Gasteiger partial charge in [0, 0.05) is 6.54 Å². The van der Waals surface area contributed by atoms with Crippen LogP contribution in [-0.2, 0) is 10.1 Å². The molecule has 0 bridgehead atoms. The summed E-state index contributed by atoms with van der Waals surface area (Å²) >= 11 is 0. The van der Waals surface area contributed by atoms with Crippen LogP contribution in [0.2, 0.25) is 0 Å². The van der Waals surface area contributed by atoms with E-state index in [4.69, 9.17) is 5.73 Å². The van der Waals surface area contributed by atoms with Crippen LogP contribution in [0.15, 0.2) is 0 Å². The Morgan fingerprint density at radius 1 is 0.905 bits per heavy atom. The van der Waals surface area contributed by atoms with E-state index in [1.54, 1.807) is 0 Å². The molecule has 0 amide bonds. The van der Waals surface area contributed by atoms with E-state index in [2.05, 4.69) is 27.8 Å². The molecule has 0 spiro atoms. The molecule has 0 heterocycles. The average molecular weight is 325 g/mol. The third-order valence-electron chi connectivity index (χ3n) is 3.52. The first-order chi connectivity index (χ1) is 9.74. The van der Waals surface area contributed by atoms with Gasteiger partial charge in [-0.25, -0.2) is 8.42 Å². The van der Waals surface area contributed by atoms with Gasteiger partial charge in [0.25, 0.3) is 0 Å². The van der Waals surface area contributed by atoms with Crippen LogP contribution in [0.5, 0.6) is 0 Å². The van der Waals surface area contributed by atoms with Gasteiger partial charge in [0.2, 0.25) is 0 Å². The molecule has 0 aromatic heterocycles. The van der Waals surface area contributed by atoms with Crippen LogP contribution in [0.3, 0.4) is 0 Å². The second-order valence-corrected chi connectivity index (χ2v) is 7.43. The molecule has 0 aliphatic heterocycles. The Hall–Kier alpha value is -0.170. The number of nitrogens with zero attached hydrogens (tertiary/aromatic N) is 1. The van der Waals surface area contributed by atoms with Crippen molar-refractivity contribution in [3.05, 3.63) is 0 Å². The maximum atomic E-state index is 9.60. The lowest BCUT2D eigenvalue weighted by molar-refractivity contribution is -0.910. The molecule has 0 aromatic rings. The minimum atomic E-state index is -4.05. The predicted octanol–water partition coefficient (Wildman–Crippen LogP) is 2.32. The van der Waals surface area contributed by atoms with Gasteiger partial charge in [0.1, 0.15) is 0 Å². The van der Waals surface area contributed by atoms with Crippen molar-refractivity contribution in [3.63, 3.8) is 0 Å². The number of rotatable bonds is 11. The van der Waals surface area contributed by atoms with E-state index < -0.39 is 15.9 Å². The fourth-order valence-corrected chi connectivity index (χ4v) is 2.39.